The molecule has 2 aromatic rings. The van der Waals surface area contributed by atoms with Gasteiger partial charge in [0.05, 0.1) is 12.0 Å². The highest BCUT2D eigenvalue weighted by atomic mass is 32.2. The number of benzene rings is 2. The van der Waals surface area contributed by atoms with E-state index in [2.05, 4.69) is 5.32 Å². The molecule has 3 rings (SSSR count). The molecule has 1 heterocycles. The molecule has 100 valence electrons. The Morgan fingerprint density at radius 1 is 1.20 bits per heavy atom. The molecular formula is C15H12N2O2S. The number of ether oxygens (including phenoxy) is 1. The second kappa shape index (κ2) is 5.02. The van der Waals surface area contributed by atoms with Gasteiger partial charge in [0, 0.05) is 0 Å². The second-order valence-electron chi connectivity index (χ2n) is 4.37. The van der Waals surface area contributed by atoms with Gasteiger partial charge in [-0.05, 0) is 52.4 Å². The molecule has 0 unspecified atom stereocenters. The van der Waals surface area contributed by atoms with E-state index in [1.54, 1.807) is 13.2 Å². The van der Waals surface area contributed by atoms with Crippen molar-refractivity contribution >= 4 is 39.7 Å². The summed E-state index contributed by atoms with van der Waals surface area (Å²) in [5.74, 6) is 0.609. The Bertz CT molecular complexity index is 753. The summed E-state index contributed by atoms with van der Waals surface area (Å²) in [7, 11) is 1.64. The number of amidine groups is 1. The van der Waals surface area contributed by atoms with Gasteiger partial charge in [-0.1, -0.05) is 18.2 Å². The number of hydrogen-bond acceptors (Lipinski definition) is 4. The number of amides is 1. The van der Waals surface area contributed by atoms with E-state index in [0.29, 0.717) is 4.91 Å². The first kappa shape index (κ1) is 12.7. The molecule has 0 atom stereocenters. The van der Waals surface area contributed by atoms with Crippen LogP contribution in [0.4, 0.5) is 0 Å². The number of thioether (sulfide) groups is 1. The number of hydrogen-bond donors (Lipinski definition) is 2. The average molecular weight is 284 g/mol. The number of carbonyl (C=O) groups is 1. The van der Waals surface area contributed by atoms with Crippen LogP contribution in [0, 0.1) is 5.41 Å². The van der Waals surface area contributed by atoms with Crippen LogP contribution < -0.4 is 10.1 Å². The molecule has 0 radical (unpaired) electrons. The molecule has 2 aromatic carbocycles. The number of carbonyl (C=O) groups excluding carboxylic acids is 1. The summed E-state index contributed by atoms with van der Waals surface area (Å²) in [5, 5.41) is 12.2. The third-order valence-electron chi connectivity index (χ3n) is 3.03. The largest absolute Gasteiger partial charge is 0.497 e. The molecule has 0 saturated carbocycles. The van der Waals surface area contributed by atoms with E-state index < -0.39 is 0 Å². The van der Waals surface area contributed by atoms with E-state index in [4.69, 9.17) is 10.1 Å². The van der Waals surface area contributed by atoms with Crippen molar-refractivity contribution in [1.82, 2.24) is 5.32 Å². The fourth-order valence-corrected chi connectivity index (χ4v) is 2.75. The van der Waals surface area contributed by atoms with Crippen molar-refractivity contribution in [2.75, 3.05) is 7.11 Å². The van der Waals surface area contributed by atoms with Crippen molar-refractivity contribution in [1.29, 1.82) is 5.41 Å². The van der Waals surface area contributed by atoms with Gasteiger partial charge in [0.25, 0.3) is 5.91 Å². The predicted molar refractivity (Wildman–Crippen MR) is 81.9 cm³/mol. The maximum atomic E-state index is 11.6. The summed E-state index contributed by atoms with van der Waals surface area (Å²) in [5.41, 5.74) is 0.940. The Hall–Kier alpha value is -2.27. The Morgan fingerprint density at radius 2 is 1.95 bits per heavy atom. The zero-order chi connectivity index (χ0) is 14.1. The van der Waals surface area contributed by atoms with Gasteiger partial charge in [-0.15, -0.1) is 0 Å². The smallest absolute Gasteiger partial charge is 0.264 e. The SMILES string of the molecule is COc1ccc2cc(C=C3SC(=N)NC3=O)ccc2c1. The number of nitrogens with one attached hydrogen (secondary N) is 2. The fraction of sp³-hybridized carbons (Fsp3) is 0.0667. The monoisotopic (exact) mass is 284 g/mol. The minimum Gasteiger partial charge on any atom is -0.497 e. The molecule has 4 nitrogen and oxygen atoms in total. The molecule has 0 bridgehead atoms. The topological polar surface area (TPSA) is 62.2 Å². The molecule has 1 aliphatic heterocycles. The highest BCUT2D eigenvalue weighted by Crippen LogP contribution is 2.27. The molecule has 1 aliphatic rings. The lowest BCUT2D eigenvalue weighted by atomic mass is 10.1. The molecular weight excluding hydrogens is 272 g/mol. The summed E-state index contributed by atoms with van der Waals surface area (Å²) in [6.45, 7) is 0. The van der Waals surface area contributed by atoms with Gasteiger partial charge in [-0.25, -0.2) is 0 Å². The van der Waals surface area contributed by atoms with Gasteiger partial charge in [0.2, 0.25) is 0 Å². The van der Waals surface area contributed by atoms with E-state index >= 15 is 0 Å². The maximum Gasteiger partial charge on any atom is 0.264 e. The number of fused-ring (bicyclic) bond motifs is 1. The van der Waals surface area contributed by atoms with Gasteiger partial charge in [0.1, 0.15) is 5.75 Å². The molecule has 0 aromatic heterocycles. The van der Waals surface area contributed by atoms with E-state index in [9.17, 15) is 4.79 Å². The van der Waals surface area contributed by atoms with Crippen LogP contribution in [0.2, 0.25) is 0 Å². The third kappa shape index (κ3) is 2.40. The third-order valence-corrected chi connectivity index (χ3v) is 3.86. The Morgan fingerprint density at radius 3 is 2.65 bits per heavy atom. The van der Waals surface area contributed by atoms with Crippen LogP contribution in [0.15, 0.2) is 41.3 Å². The van der Waals surface area contributed by atoms with E-state index in [0.717, 1.165) is 33.8 Å². The zero-order valence-electron chi connectivity index (χ0n) is 10.8. The fourth-order valence-electron chi connectivity index (χ4n) is 2.05. The van der Waals surface area contributed by atoms with Gasteiger partial charge in [-0.2, -0.15) is 0 Å². The van der Waals surface area contributed by atoms with E-state index in [1.165, 1.54) is 0 Å². The van der Waals surface area contributed by atoms with Gasteiger partial charge < -0.3 is 10.1 Å². The maximum absolute atomic E-state index is 11.6. The van der Waals surface area contributed by atoms with Crippen LogP contribution in [0.1, 0.15) is 5.56 Å². The van der Waals surface area contributed by atoms with Crippen LogP contribution in [0.5, 0.6) is 5.75 Å². The van der Waals surface area contributed by atoms with Crippen molar-refractivity contribution in [2.45, 2.75) is 0 Å². The lowest BCUT2D eigenvalue weighted by Crippen LogP contribution is -2.18. The van der Waals surface area contributed by atoms with Gasteiger partial charge in [-0.3, -0.25) is 10.2 Å². The Balaban J connectivity index is 1.99. The number of rotatable bonds is 2. The number of methoxy groups -OCH3 is 1. The van der Waals surface area contributed by atoms with Crippen LogP contribution in [0.3, 0.4) is 0 Å². The minimum atomic E-state index is -0.213. The summed E-state index contributed by atoms with van der Waals surface area (Å²) < 4.78 is 5.19. The average Bonchev–Trinajstić information content (AvgIpc) is 2.76. The quantitative estimate of drug-likeness (QED) is 0.833. The molecule has 1 fully saturated rings. The lowest BCUT2D eigenvalue weighted by molar-refractivity contribution is -0.115. The van der Waals surface area contributed by atoms with Crippen LogP contribution in [-0.2, 0) is 4.79 Å². The van der Waals surface area contributed by atoms with Crippen molar-refractivity contribution < 1.29 is 9.53 Å². The molecule has 5 heteroatoms. The van der Waals surface area contributed by atoms with Gasteiger partial charge >= 0.3 is 0 Å². The first-order valence-corrected chi connectivity index (χ1v) is 6.84. The standard InChI is InChI=1S/C15H12N2O2S/c1-19-12-5-4-10-6-9(2-3-11(10)8-12)7-13-14(18)17-15(16)20-13/h2-8H,1H3,(H2,16,17,18). The summed E-state index contributed by atoms with van der Waals surface area (Å²) in [6, 6.07) is 11.8. The van der Waals surface area contributed by atoms with Gasteiger partial charge in [0.15, 0.2) is 5.17 Å². The molecule has 2 N–H and O–H groups in total. The summed E-state index contributed by atoms with van der Waals surface area (Å²) in [4.78, 5) is 12.1. The lowest BCUT2D eigenvalue weighted by Gasteiger charge is -2.03. The molecule has 0 spiro atoms. The van der Waals surface area contributed by atoms with Crippen molar-refractivity contribution in [3.8, 4) is 5.75 Å². The van der Waals surface area contributed by atoms with Crippen LogP contribution in [-0.4, -0.2) is 18.2 Å². The molecule has 1 amide bonds. The van der Waals surface area contributed by atoms with Crippen molar-refractivity contribution in [3.63, 3.8) is 0 Å². The van der Waals surface area contributed by atoms with Crippen molar-refractivity contribution in [3.05, 3.63) is 46.9 Å². The molecule has 0 aliphatic carbocycles. The summed E-state index contributed by atoms with van der Waals surface area (Å²) >= 11 is 1.14. The second-order valence-corrected chi connectivity index (χ2v) is 5.42. The van der Waals surface area contributed by atoms with E-state index in [-0.39, 0.29) is 11.1 Å². The Labute approximate surface area is 120 Å². The molecule has 1 saturated heterocycles. The van der Waals surface area contributed by atoms with Crippen molar-refractivity contribution in [2.24, 2.45) is 0 Å². The highest BCUT2D eigenvalue weighted by Gasteiger charge is 2.22. The molecule has 20 heavy (non-hydrogen) atoms. The summed E-state index contributed by atoms with van der Waals surface area (Å²) in [6.07, 6.45) is 1.80. The van der Waals surface area contributed by atoms with E-state index in [1.807, 2.05) is 36.4 Å². The first-order valence-electron chi connectivity index (χ1n) is 6.03. The van der Waals surface area contributed by atoms with Crippen LogP contribution >= 0.6 is 11.8 Å². The highest BCUT2D eigenvalue weighted by molar-refractivity contribution is 8.18. The van der Waals surface area contributed by atoms with Crippen LogP contribution in [0.25, 0.3) is 16.8 Å². The first-order chi connectivity index (χ1) is 9.65. The zero-order valence-corrected chi connectivity index (χ0v) is 11.6. The Kier molecular flexibility index (Phi) is 3.20. The minimum absolute atomic E-state index is 0.173. The normalized spacial score (nSPS) is 16.8. The predicted octanol–water partition coefficient (Wildman–Crippen LogP) is 2.99.